The van der Waals surface area contributed by atoms with E-state index in [0.29, 0.717) is 0 Å². The number of hydrogen-bond donors (Lipinski definition) is 0. The van der Waals surface area contributed by atoms with Gasteiger partial charge in [0.25, 0.3) is 0 Å². The molecule has 1 aromatic heterocycles. The molecule has 82 valence electrons. The van der Waals surface area contributed by atoms with Gasteiger partial charge in [0.15, 0.2) is 0 Å². The van der Waals surface area contributed by atoms with E-state index in [-0.39, 0.29) is 0 Å². The third-order valence-corrected chi connectivity index (χ3v) is 2.75. The molecule has 16 heavy (non-hydrogen) atoms. The van der Waals surface area contributed by atoms with Gasteiger partial charge >= 0.3 is 0 Å². The van der Waals surface area contributed by atoms with Gasteiger partial charge < -0.3 is 0 Å². The highest BCUT2D eigenvalue weighted by molar-refractivity contribution is 5.22. The summed E-state index contributed by atoms with van der Waals surface area (Å²) in [6.07, 6.45) is 5.49. The van der Waals surface area contributed by atoms with E-state index >= 15 is 0 Å². The van der Waals surface area contributed by atoms with Crippen LogP contribution in [0.2, 0.25) is 0 Å². The van der Waals surface area contributed by atoms with E-state index in [2.05, 4.69) is 41.2 Å². The summed E-state index contributed by atoms with van der Waals surface area (Å²) in [5.41, 5.74) is 4.80. The van der Waals surface area contributed by atoms with Gasteiger partial charge in [-0.2, -0.15) is 0 Å². The zero-order valence-electron chi connectivity index (χ0n) is 9.77. The standard InChI is InChI=1S/C14H16N2/c1-11-3-5-13(6-4-11)7-8-14-12(2)15-9-10-16-14/h3-6,9-10H,7-8H2,1-2H3. The highest BCUT2D eigenvalue weighted by Gasteiger charge is 2.00. The van der Waals surface area contributed by atoms with Gasteiger partial charge in [-0.15, -0.1) is 0 Å². The molecule has 0 fully saturated rings. The van der Waals surface area contributed by atoms with Gasteiger partial charge in [0.2, 0.25) is 0 Å². The van der Waals surface area contributed by atoms with E-state index in [9.17, 15) is 0 Å². The molecule has 1 heterocycles. The number of aryl methyl sites for hydroxylation is 4. The van der Waals surface area contributed by atoms with Gasteiger partial charge in [-0.25, -0.2) is 0 Å². The Balaban J connectivity index is 2.02. The summed E-state index contributed by atoms with van der Waals surface area (Å²) in [4.78, 5) is 8.59. The van der Waals surface area contributed by atoms with E-state index in [0.717, 1.165) is 24.2 Å². The minimum absolute atomic E-state index is 0.961. The first-order valence-electron chi connectivity index (χ1n) is 5.58. The normalized spacial score (nSPS) is 10.4. The van der Waals surface area contributed by atoms with Crippen molar-refractivity contribution in [2.24, 2.45) is 0 Å². The highest BCUT2D eigenvalue weighted by Crippen LogP contribution is 2.08. The predicted molar refractivity (Wildman–Crippen MR) is 65.4 cm³/mol. The molecule has 0 spiro atoms. The molecule has 0 radical (unpaired) electrons. The van der Waals surface area contributed by atoms with E-state index in [1.807, 2.05) is 6.92 Å². The molecule has 2 heteroatoms. The molecule has 0 unspecified atom stereocenters. The molecule has 0 N–H and O–H groups in total. The van der Waals surface area contributed by atoms with Crippen LogP contribution in [0.3, 0.4) is 0 Å². The van der Waals surface area contributed by atoms with E-state index in [1.165, 1.54) is 11.1 Å². The summed E-state index contributed by atoms with van der Waals surface area (Å²) in [5.74, 6) is 0. The van der Waals surface area contributed by atoms with Crippen molar-refractivity contribution >= 4 is 0 Å². The van der Waals surface area contributed by atoms with Crippen molar-refractivity contribution in [2.45, 2.75) is 26.7 Å². The van der Waals surface area contributed by atoms with Gasteiger partial charge in [0.05, 0.1) is 11.4 Å². The lowest BCUT2D eigenvalue weighted by Crippen LogP contribution is -1.99. The lowest BCUT2D eigenvalue weighted by Gasteiger charge is -2.04. The number of benzene rings is 1. The monoisotopic (exact) mass is 212 g/mol. The fourth-order valence-corrected chi connectivity index (χ4v) is 1.70. The van der Waals surface area contributed by atoms with Crippen molar-refractivity contribution in [2.75, 3.05) is 0 Å². The number of nitrogens with zero attached hydrogens (tertiary/aromatic N) is 2. The summed E-state index contributed by atoms with van der Waals surface area (Å²) in [6, 6.07) is 8.67. The molecule has 2 nitrogen and oxygen atoms in total. The van der Waals surface area contributed by atoms with E-state index < -0.39 is 0 Å². The van der Waals surface area contributed by atoms with Crippen LogP contribution in [0, 0.1) is 13.8 Å². The van der Waals surface area contributed by atoms with E-state index in [4.69, 9.17) is 0 Å². The molecule has 2 rings (SSSR count). The minimum Gasteiger partial charge on any atom is -0.258 e. The van der Waals surface area contributed by atoms with Crippen molar-refractivity contribution in [1.29, 1.82) is 0 Å². The quantitative estimate of drug-likeness (QED) is 0.781. The van der Waals surface area contributed by atoms with Crippen molar-refractivity contribution < 1.29 is 0 Å². The Bertz CT molecular complexity index is 460. The van der Waals surface area contributed by atoms with Gasteiger partial charge in [-0.1, -0.05) is 29.8 Å². The Morgan fingerprint density at radius 2 is 1.56 bits per heavy atom. The zero-order valence-corrected chi connectivity index (χ0v) is 9.77. The topological polar surface area (TPSA) is 25.8 Å². The van der Waals surface area contributed by atoms with Crippen LogP contribution >= 0.6 is 0 Å². The second-order valence-electron chi connectivity index (χ2n) is 4.07. The van der Waals surface area contributed by atoms with Gasteiger partial charge in [0, 0.05) is 12.4 Å². The van der Waals surface area contributed by atoms with Crippen LogP contribution in [0.1, 0.15) is 22.5 Å². The minimum atomic E-state index is 0.961. The van der Waals surface area contributed by atoms with Gasteiger partial charge in [-0.05, 0) is 32.3 Å². The first-order valence-corrected chi connectivity index (χ1v) is 5.58. The van der Waals surface area contributed by atoms with Crippen LogP contribution in [0.5, 0.6) is 0 Å². The van der Waals surface area contributed by atoms with Crippen molar-refractivity contribution in [1.82, 2.24) is 9.97 Å². The smallest absolute Gasteiger partial charge is 0.0619 e. The summed E-state index contributed by atoms with van der Waals surface area (Å²) >= 11 is 0. The number of rotatable bonds is 3. The first-order chi connectivity index (χ1) is 7.75. The number of aromatic nitrogens is 2. The van der Waals surface area contributed by atoms with Crippen molar-refractivity contribution in [3.8, 4) is 0 Å². The third kappa shape index (κ3) is 2.66. The van der Waals surface area contributed by atoms with E-state index in [1.54, 1.807) is 12.4 Å². The van der Waals surface area contributed by atoms with Crippen LogP contribution in [0.4, 0.5) is 0 Å². The average molecular weight is 212 g/mol. The molecular weight excluding hydrogens is 196 g/mol. The maximum Gasteiger partial charge on any atom is 0.0619 e. The van der Waals surface area contributed by atoms with Gasteiger partial charge in [-0.3, -0.25) is 9.97 Å². The van der Waals surface area contributed by atoms with Crippen LogP contribution in [0.15, 0.2) is 36.7 Å². The molecule has 2 aromatic rings. The molecule has 0 aliphatic heterocycles. The second kappa shape index (κ2) is 4.88. The lowest BCUT2D eigenvalue weighted by molar-refractivity contribution is 0.876. The van der Waals surface area contributed by atoms with Gasteiger partial charge in [0.1, 0.15) is 0 Å². The summed E-state index contributed by atoms with van der Waals surface area (Å²) in [5, 5.41) is 0. The Labute approximate surface area is 96.4 Å². The molecule has 0 atom stereocenters. The maximum atomic E-state index is 4.35. The lowest BCUT2D eigenvalue weighted by atomic mass is 10.1. The molecule has 0 amide bonds. The van der Waals surface area contributed by atoms with Crippen molar-refractivity contribution in [3.05, 3.63) is 59.2 Å². The zero-order chi connectivity index (χ0) is 11.4. The van der Waals surface area contributed by atoms with Crippen LogP contribution < -0.4 is 0 Å². The Morgan fingerprint density at radius 1 is 0.875 bits per heavy atom. The number of hydrogen-bond acceptors (Lipinski definition) is 2. The molecule has 0 aliphatic carbocycles. The summed E-state index contributed by atoms with van der Waals surface area (Å²) in [6.45, 7) is 4.12. The second-order valence-corrected chi connectivity index (χ2v) is 4.07. The third-order valence-electron chi connectivity index (χ3n) is 2.75. The fourth-order valence-electron chi connectivity index (χ4n) is 1.70. The summed E-state index contributed by atoms with van der Waals surface area (Å²) < 4.78 is 0. The van der Waals surface area contributed by atoms with Crippen LogP contribution in [0.25, 0.3) is 0 Å². The Hall–Kier alpha value is -1.70. The maximum absolute atomic E-state index is 4.35. The van der Waals surface area contributed by atoms with Crippen LogP contribution in [-0.2, 0) is 12.8 Å². The summed E-state index contributed by atoms with van der Waals surface area (Å²) in [7, 11) is 0. The molecule has 0 saturated carbocycles. The fraction of sp³-hybridized carbons (Fsp3) is 0.286. The SMILES string of the molecule is Cc1ccc(CCc2nccnc2C)cc1. The molecular formula is C14H16N2. The molecule has 0 aliphatic rings. The van der Waals surface area contributed by atoms with Crippen molar-refractivity contribution in [3.63, 3.8) is 0 Å². The first kappa shape index (κ1) is 10.8. The molecule has 0 bridgehead atoms. The highest BCUT2D eigenvalue weighted by atomic mass is 14.8. The van der Waals surface area contributed by atoms with Crippen LogP contribution in [-0.4, -0.2) is 9.97 Å². The predicted octanol–water partition coefficient (Wildman–Crippen LogP) is 2.88. The molecule has 1 aromatic carbocycles. The average Bonchev–Trinajstić information content (AvgIpc) is 2.30. The Kier molecular flexibility index (Phi) is 3.30. The molecule has 0 saturated heterocycles. The largest absolute Gasteiger partial charge is 0.258 e. The Morgan fingerprint density at radius 3 is 2.25 bits per heavy atom.